The zero-order valence-electron chi connectivity index (χ0n) is 32.1. The number of unbranched alkanes of at least 4 members (excludes halogenated alkanes) is 13. The lowest BCUT2D eigenvalue weighted by Crippen LogP contribution is -2.29. The molecule has 0 aromatic rings. The van der Waals surface area contributed by atoms with Crippen LogP contribution in [0.25, 0.3) is 0 Å². The summed E-state index contributed by atoms with van der Waals surface area (Å²) in [6, 6.07) is 0. The lowest BCUT2D eigenvalue weighted by molar-refractivity contribution is -0.161. The first-order chi connectivity index (χ1) is 24.8. The maximum Gasteiger partial charge on any atom is 0.472 e. The van der Waals surface area contributed by atoms with Gasteiger partial charge in [0.2, 0.25) is 0 Å². The van der Waals surface area contributed by atoms with E-state index in [1.165, 1.54) is 51.4 Å². The van der Waals surface area contributed by atoms with Crippen molar-refractivity contribution in [2.45, 2.75) is 161 Å². The fraction of sp³-hybridized carbons (Fsp3) is 0.707. The van der Waals surface area contributed by atoms with Crippen LogP contribution in [-0.4, -0.2) is 49.3 Å². The van der Waals surface area contributed by atoms with Gasteiger partial charge in [0.05, 0.1) is 13.2 Å². The van der Waals surface area contributed by atoms with E-state index < -0.39 is 32.5 Å². The number of carbonyl (C=O) groups excluding carboxylic acids is 2. The zero-order valence-corrected chi connectivity index (χ0v) is 33.0. The lowest BCUT2D eigenvalue weighted by Gasteiger charge is -2.19. The minimum atomic E-state index is -4.39. The van der Waals surface area contributed by atoms with Crippen molar-refractivity contribution >= 4 is 19.8 Å². The van der Waals surface area contributed by atoms with Gasteiger partial charge in [-0.3, -0.25) is 18.6 Å². The average molecular weight is 738 g/mol. The van der Waals surface area contributed by atoms with E-state index in [1.54, 1.807) is 0 Å². The molecule has 0 radical (unpaired) electrons. The normalized spacial score (nSPS) is 14.0. The van der Waals surface area contributed by atoms with Crippen LogP contribution in [0.4, 0.5) is 0 Å². The molecule has 0 saturated carbocycles. The summed E-state index contributed by atoms with van der Waals surface area (Å²) in [7, 11) is -4.39. The van der Waals surface area contributed by atoms with Crippen LogP contribution >= 0.6 is 7.82 Å². The van der Waals surface area contributed by atoms with E-state index in [-0.39, 0.29) is 32.6 Å². The third-order valence-corrected chi connectivity index (χ3v) is 8.86. The van der Waals surface area contributed by atoms with E-state index in [0.717, 1.165) is 64.2 Å². The number of rotatable bonds is 36. The van der Waals surface area contributed by atoms with Crippen molar-refractivity contribution in [3.8, 4) is 0 Å². The first kappa shape index (κ1) is 48.7. The summed E-state index contributed by atoms with van der Waals surface area (Å²) >= 11 is 0. The Labute approximate surface area is 310 Å². The first-order valence-corrected chi connectivity index (χ1v) is 21.3. The molecule has 0 rings (SSSR count). The quantitative estimate of drug-likeness (QED) is 0.0279. The molecule has 3 N–H and O–H groups in total. The van der Waals surface area contributed by atoms with Gasteiger partial charge in [-0.1, -0.05) is 126 Å². The minimum absolute atomic E-state index is 0.0425. The molecule has 10 heteroatoms. The van der Waals surface area contributed by atoms with Gasteiger partial charge in [-0.2, -0.15) is 0 Å². The molecule has 2 atom stereocenters. The van der Waals surface area contributed by atoms with Crippen molar-refractivity contribution in [1.82, 2.24) is 0 Å². The van der Waals surface area contributed by atoms with Crippen molar-refractivity contribution in [3.05, 3.63) is 60.8 Å². The summed E-state index contributed by atoms with van der Waals surface area (Å²) in [5.74, 6) is -0.910. The smallest absolute Gasteiger partial charge is 0.462 e. The van der Waals surface area contributed by atoms with Crippen molar-refractivity contribution < 1.29 is 37.6 Å². The van der Waals surface area contributed by atoms with E-state index in [4.69, 9.17) is 24.3 Å². The van der Waals surface area contributed by atoms with E-state index in [9.17, 15) is 19.0 Å². The van der Waals surface area contributed by atoms with Crippen molar-refractivity contribution in [3.63, 3.8) is 0 Å². The Hall–Kier alpha value is -2.29. The van der Waals surface area contributed by atoms with Crippen LogP contribution in [0.5, 0.6) is 0 Å². The summed E-state index contributed by atoms with van der Waals surface area (Å²) in [6.07, 6.45) is 42.5. The molecule has 0 spiro atoms. The molecule has 0 aliphatic heterocycles. The number of hydrogen-bond acceptors (Lipinski definition) is 8. The molecule has 0 aliphatic carbocycles. The van der Waals surface area contributed by atoms with Crippen LogP contribution in [-0.2, 0) is 32.7 Å². The second-order valence-electron chi connectivity index (χ2n) is 12.8. The lowest BCUT2D eigenvalue weighted by atomic mass is 10.1. The molecule has 0 heterocycles. The Balaban J connectivity index is 4.33. The highest BCUT2D eigenvalue weighted by Gasteiger charge is 2.25. The SMILES string of the molecule is CCCCC/C=C\C/C=C\C/C=C\C/C=C\CCCC(=O)OC[C@H](COP(=O)(O)OCCN)OC(=O)CCCCCCC/C=C\CCCCCC. The van der Waals surface area contributed by atoms with Gasteiger partial charge in [0.25, 0.3) is 0 Å². The summed E-state index contributed by atoms with van der Waals surface area (Å²) in [5.41, 5.74) is 5.33. The van der Waals surface area contributed by atoms with Gasteiger partial charge in [0.1, 0.15) is 6.61 Å². The number of nitrogens with two attached hydrogens (primary N) is 1. The number of phosphoric acid groups is 1. The number of allylic oxidation sites excluding steroid dienone is 10. The Bertz CT molecular complexity index is 1020. The summed E-state index contributed by atoms with van der Waals surface area (Å²) in [5, 5.41) is 0. The number of ether oxygens (including phenoxy) is 2. The fourth-order valence-electron chi connectivity index (χ4n) is 4.91. The molecule has 0 aliphatic rings. The molecule has 0 amide bonds. The number of hydrogen-bond donors (Lipinski definition) is 2. The third-order valence-electron chi connectivity index (χ3n) is 7.88. The molecule has 0 fully saturated rings. The van der Waals surface area contributed by atoms with Crippen molar-refractivity contribution in [2.75, 3.05) is 26.4 Å². The Morgan fingerprint density at radius 1 is 0.588 bits per heavy atom. The maximum atomic E-state index is 12.5. The molecule has 0 aromatic carbocycles. The van der Waals surface area contributed by atoms with Crippen LogP contribution in [0.15, 0.2) is 60.8 Å². The predicted molar refractivity (Wildman–Crippen MR) is 210 cm³/mol. The standard InChI is InChI=1S/C41H72NO8P/c1-3-5-7-9-11-13-15-17-18-19-20-22-23-25-27-29-31-33-40(43)47-37-39(38-49-51(45,46)48-36-35-42)50-41(44)34-32-30-28-26-24-21-16-14-12-10-8-6-4-2/h11,13-14,16-18,20,22,25,27,39H,3-10,12,15,19,21,23-24,26,28-38,42H2,1-2H3,(H,45,46)/b13-11-,16-14-,18-17-,22-20-,27-25-/t39-/m1/s1. The van der Waals surface area contributed by atoms with Crippen LogP contribution in [0, 0.1) is 0 Å². The second-order valence-corrected chi connectivity index (χ2v) is 14.2. The van der Waals surface area contributed by atoms with E-state index >= 15 is 0 Å². The molecule has 0 saturated heterocycles. The average Bonchev–Trinajstić information content (AvgIpc) is 3.11. The molecular weight excluding hydrogens is 665 g/mol. The highest BCUT2D eigenvalue weighted by molar-refractivity contribution is 7.47. The topological polar surface area (TPSA) is 134 Å². The molecule has 294 valence electrons. The Morgan fingerprint density at radius 3 is 1.63 bits per heavy atom. The van der Waals surface area contributed by atoms with Crippen molar-refractivity contribution in [2.24, 2.45) is 5.73 Å². The highest BCUT2D eigenvalue weighted by atomic mass is 31.2. The van der Waals surface area contributed by atoms with Gasteiger partial charge in [0.15, 0.2) is 6.10 Å². The monoisotopic (exact) mass is 737 g/mol. The first-order valence-electron chi connectivity index (χ1n) is 19.8. The van der Waals surface area contributed by atoms with Gasteiger partial charge >= 0.3 is 19.8 Å². The van der Waals surface area contributed by atoms with E-state index in [1.807, 2.05) is 6.08 Å². The fourth-order valence-corrected chi connectivity index (χ4v) is 5.68. The van der Waals surface area contributed by atoms with Crippen LogP contribution in [0.3, 0.4) is 0 Å². The Kier molecular flexibility index (Phi) is 35.8. The molecular formula is C41H72NO8P. The number of phosphoric ester groups is 1. The molecule has 1 unspecified atom stereocenters. The van der Waals surface area contributed by atoms with Gasteiger partial charge in [0, 0.05) is 19.4 Å². The Morgan fingerprint density at radius 2 is 1.04 bits per heavy atom. The summed E-state index contributed by atoms with van der Waals surface area (Å²) in [4.78, 5) is 34.7. The molecule has 51 heavy (non-hydrogen) atoms. The van der Waals surface area contributed by atoms with E-state index in [2.05, 4.69) is 68.5 Å². The second kappa shape index (κ2) is 37.5. The zero-order chi connectivity index (χ0) is 37.5. The van der Waals surface area contributed by atoms with Gasteiger partial charge in [-0.15, -0.1) is 0 Å². The number of esters is 2. The molecule has 0 aromatic heterocycles. The summed E-state index contributed by atoms with van der Waals surface area (Å²) < 4.78 is 32.6. The minimum Gasteiger partial charge on any atom is -0.462 e. The summed E-state index contributed by atoms with van der Waals surface area (Å²) in [6.45, 7) is 3.59. The molecule has 0 bridgehead atoms. The van der Waals surface area contributed by atoms with Gasteiger partial charge < -0.3 is 20.1 Å². The van der Waals surface area contributed by atoms with Gasteiger partial charge in [-0.25, -0.2) is 4.57 Å². The van der Waals surface area contributed by atoms with E-state index in [0.29, 0.717) is 12.8 Å². The van der Waals surface area contributed by atoms with Crippen LogP contribution in [0.1, 0.15) is 155 Å². The number of carbonyl (C=O) groups is 2. The van der Waals surface area contributed by atoms with Gasteiger partial charge in [-0.05, 0) is 77.0 Å². The molecule has 9 nitrogen and oxygen atoms in total. The van der Waals surface area contributed by atoms with Crippen LogP contribution in [0.2, 0.25) is 0 Å². The predicted octanol–water partition coefficient (Wildman–Crippen LogP) is 10.9. The third kappa shape index (κ3) is 37.3. The largest absolute Gasteiger partial charge is 0.472 e. The highest BCUT2D eigenvalue weighted by Crippen LogP contribution is 2.43. The maximum absolute atomic E-state index is 12.5. The van der Waals surface area contributed by atoms with Crippen LogP contribution < -0.4 is 5.73 Å². The van der Waals surface area contributed by atoms with Crippen molar-refractivity contribution in [1.29, 1.82) is 0 Å².